The molecule has 2 N–H and O–H groups in total. The second-order valence-corrected chi connectivity index (χ2v) is 6.74. The molecular weight excluding hydrogens is 230 g/mol. The van der Waals surface area contributed by atoms with Crippen molar-refractivity contribution in [2.24, 2.45) is 17.1 Å². The second kappa shape index (κ2) is 6.09. The molecule has 0 aliphatic heterocycles. The summed E-state index contributed by atoms with van der Waals surface area (Å²) in [5.41, 5.74) is 9.79. The molecular formula is C18H29N. The summed E-state index contributed by atoms with van der Waals surface area (Å²) in [4.78, 5) is 0. The van der Waals surface area contributed by atoms with Gasteiger partial charge >= 0.3 is 0 Å². The summed E-state index contributed by atoms with van der Waals surface area (Å²) in [6, 6.07) is 9.21. The molecule has 1 heteroatoms. The SMILES string of the molecule is CCC1(C(N)c2cccc(CC(C)C)c2)CCCC1. The van der Waals surface area contributed by atoms with E-state index in [2.05, 4.69) is 45.0 Å². The van der Waals surface area contributed by atoms with Crippen molar-refractivity contribution in [2.45, 2.75) is 65.3 Å². The van der Waals surface area contributed by atoms with E-state index in [1.165, 1.54) is 43.2 Å². The highest BCUT2D eigenvalue weighted by Crippen LogP contribution is 2.48. The number of nitrogens with two attached hydrogens (primary N) is 1. The summed E-state index contributed by atoms with van der Waals surface area (Å²) in [5.74, 6) is 0.707. The Balaban J connectivity index is 2.20. The van der Waals surface area contributed by atoms with Gasteiger partial charge in [-0.05, 0) is 48.1 Å². The fourth-order valence-corrected chi connectivity index (χ4v) is 3.70. The molecule has 1 atom stereocenters. The van der Waals surface area contributed by atoms with Crippen LogP contribution >= 0.6 is 0 Å². The molecule has 0 saturated heterocycles. The fraction of sp³-hybridized carbons (Fsp3) is 0.667. The zero-order chi connectivity index (χ0) is 13.9. The first-order valence-corrected chi connectivity index (χ1v) is 7.92. The third-order valence-corrected chi connectivity index (χ3v) is 4.92. The monoisotopic (exact) mass is 259 g/mol. The van der Waals surface area contributed by atoms with Crippen molar-refractivity contribution >= 4 is 0 Å². The Morgan fingerprint density at radius 1 is 1.21 bits per heavy atom. The van der Waals surface area contributed by atoms with Gasteiger partial charge in [-0.15, -0.1) is 0 Å². The van der Waals surface area contributed by atoms with Crippen LogP contribution < -0.4 is 5.73 Å². The van der Waals surface area contributed by atoms with Crippen molar-refractivity contribution in [1.29, 1.82) is 0 Å². The van der Waals surface area contributed by atoms with E-state index in [0.717, 1.165) is 6.42 Å². The van der Waals surface area contributed by atoms with Crippen molar-refractivity contribution < 1.29 is 0 Å². The highest BCUT2D eigenvalue weighted by Gasteiger charge is 2.38. The zero-order valence-electron chi connectivity index (χ0n) is 12.8. The summed E-state index contributed by atoms with van der Waals surface area (Å²) in [7, 11) is 0. The van der Waals surface area contributed by atoms with Crippen LogP contribution in [0.1, 0.15) is 70.0 Å². The molecule has 1 aromatic rings. The molecule has 1 fully saturated rings. The number of hydrogen-bond acceptors (Lipinski definition) is 1. The molecule has 1 unspecified atom stereocenters. The van der Waals surface area contributed by atoms with Gasteiger partial charge in [0.25, 0.3) is 0 Å². The summed E-state index contributed by atoms with van der Waals surface area (Å²) < 4.78 is 0. The molecule has 1 aliphatic carbocycles. The van der Waals surface area contributed by atoms with Crippen LogP contribution in [0.5, 0.6) is 0 Å². The van der Waals surface area contributed by atoms with Crippen LogP contribution in [0.2, 0.25) is 0 Å². The number of rotatable bonds is 5. The zero-order valence-corrected chi connectivity index (χ0v) is 12.8. The second-order valence-electron chi connectivity index (χ2n) is 6.74. The van der Waals surface area contributed by atoms with Gasteiger partial charge in [-0.25, -0.2) is 0 Å². The standard InChI is InChI=1S/C18H29N/c1-4-18(10-5-6-11-18)17(19)16-9-7-8-15(13-16)12-14(2)3/h7-9,13-14,17H,4-6,10-12,19H2,1-3H3. The van der Waals surface area contributed by atoms with Crippen LogP contribution in [0.3, 0.4) is 0 Å². The molecule has 1 aliphatic rings. The van der Waals surface area contributed by atoms with E-state index in [-0.39, 0.29) is 6.04 Å². The first kappa shape index (κ1) is 14.6. The van der Waals surface area contributed by atoms with E-state index in [1.807, 2.05) is 0 Å². The Morgan fingerprint density at radius 2 is 1.89 bits per heavy atom. The minimum Gasteiger partial charge on any atom is -0.323 e. The Hall–Kier alpha value is -0.820. The minimum absolute atomic E-state index is 0.215. The van der Waals surface area contributed by atoms with Crippen LogP contribution in [0.4, 0.5) is 0 Å². The highest BCUT2D eigenvalue weighted by molar-refractivity contribution is 5.28. The van der Waals surface area contributed by atoms with Crippen LogP contribution in [0.25, 0.3) is 0 Å². The lowest BCUT2D eigenvalue weighted by molar-refractivity contribution is 0.222. The van der Waals surface area contributed by atoms with E-state index in [9.17, 15) is 0 Å². The Kier molecular flexibility index (Phi) is 4.67. The van der Waals surface area contributed by atoms with E-state index >= 15 is 0 Å². The van der Waals surface area contributed by atoms with E-state index in [0.29, 0.717) is 11.3 Å². The van der Waals surface area contributed by atoms with Gasteiger partial charge in [0.15, 0.2) is 0 Å². The first-order valence-electron chi connectivity index (χ1n) is 7.92. The largest absolute Gasteiger partial charge is 0.323 e. The molecule has 0 spiro atoms. The topological polar surface area (TPSA) is 26.0 Å². The predicted octanol–water partition coefficient (Wildman–Crippen LogP) is 4.86. The average molecular weight is 259 g/mol. The Bertz CT molecular complexity index is 402. The molecule has 19 heavy (non-hydrogen) atoms. The third-order valence-electron chi connectivity index (χ3n) is 4.92. The number of benzene rings is 1. The molecule has 1 saturated carbocycles. The predicted molar refractivity (Wildman–Crippen MR) is 83.1 cm³/mol. The summed E-state index contributed by atoms with van der Waals surface area (Å²) in [5, 5.41) is 0. The van der Waals surface area contributed by atoms with E-state index in [4.69, 9.17) is 5.73 Å². The van der Waals surface area contributed by atoms with Crippen LogP contribution in [-0.2, 0) is 6.42 Å². The number of hydrogen-bond donors (Lipinski definition) is 1. The average Bonchev–Trinajstić information content (AvgIpc) is 2.87. The van der Waals surface area contributed by atoms with Gasteiger partial charge in [0.1, 0.15) is 0 Å². The van der Waals surface area contributed by atoms with Crippen molar-refractivity contribution in [3.8, 4) is 0 Å². The van der Waals surface area contributed by atoms with Crippen LogP contribution in [0.15, 0.2) is 24.3 Å². The van der Waals surface area contributed by atoms with Crippen molar-refractivity contribution in [3.05, 3.63) is 35.4 Å². The van der Waals surface area contributed by atoms with Gasteiger partial charge in [0.2, 0.25) is 0 Å². The van der Waals surface area contributed by atoms with Crippen molar-refractivity contribution in [1.82, 2.24) is 0 Å². The molecule has 1 aromatic carbocycles. The lowest BCUT2D eigenvalue weighted by Crippen LogP contribution is -2.31. The fourth-order valence-electron chi connectivity index (χ4n) is 3.70. The normalized spacial score (nSPS) is 19.8. The maximum Gasteiger partial charge on any atom is 0.0352 e. The molecule has 0 amide bonds. The smallest absolute Gasteiger partial charge is 0.0352 e. The van der Waals surface area contributed by atoms with Crippen LogP contribution in [0, 0.1) is 11.3 Å². The molecule has 0 heterocycles. The lowest BCUT2D eigenvalue weighted by atomic mass is 9.73. The van der Waals surface area contributed by atoms with Gasteiger partial charge in [0.05, 0.1) is 0 Å². The lowest BCUT2D eigenvalue weighted by Gasteiger charge is -2.35. The molecule has 106 valence electrons. The highest BCUT2D eigenvalue weighted by atomic mass is 14.7. The maximum atomic E-state index is 6.65. The van der Waals surface area contributed by atoms with Crippen molar-refractivity contribution in [2.75, 3.05) is 0 Å². The Labute approximate surface area is 118 Å². The van der Waals surface area contributed by atoms with Gasteiger partial charge in [-0.1, -0.05) is 57.9 Å². The molecule has 1 nitrogen and oxygen atoms in total. The van der Waals surface area contributed by atoms with Crippen molar-refractivity contribution in [3.63, 3.8) is 0 Å². The van der Waals surface area contributed by atoms with Gasteiger partial charge < -0.3 is 5.73 Å². The van der Waals surface area contributed by atoms with E-state index < -0.39 is 0 Å². The maximum absolute atomic E-state index is 6.65. The van der Waals surface area contributed by atoms with Crippen LogP contribution in [-0.4, -0.2) is 0 Å². The van der Waals surface area contributed by atoms with Gasteiger partial charge in [0, 0.05) is 6.04 Å². The molecule has 2 rings (SSSR count). The third kappa shape index (κ3) is 3.20. The summed E-state index contributed by atoms with van der Waals surface area (Å²) in [6.45, 7) is 6.86. The quantitative estimate of drug-likeness (QED) is 0.803. The van der Waals surface area contributed by atoms with Gasteiger partial charge in [-0.2, -0.15) is 0 Å². The molecule has 0 radical (unpaired) electrons. The minimum atomic E-state index is 0.215. The summed E-state index contributed by atoms with van der Waals surface area (Å²) >= 11 is 0. The first-order chi connectivity index (χ1) is 9.07. The Morgan fingerprint density at radius 3 is 2.47 bits per heavy atom. The summed E-state index contributed by atoms with van der Waals surface area (Å²) in [6.07, 6.45) is 7.68. The van der Waals surface area contributed by atoms with E-state index in [1.54, 1.807) is 0 Å². The molecule has 0 bridgehead atoms. The molecule has 0 aromatic heterocycles. The van der Waals surface area contributed by atoms with Gasteiger partial charge in [-0.3, -0.25) is 0 Å².